The summed E-state index contributed by atoms with van der Waals surface area (Å²) in [6.45, 7) is 1.88. The van der Waals surface area contributed by atoms with Crippen molar-refractivity contribution in [2.45, 2.75) is 11.8 Å². The molecular formula is C14H13BrClNO3S. The highest BCUT2D eigenvalue weighted by Gasteiger charge is 2.17. The number of methoxy groups -OCH3 is 1. The van der Waals surface area contributed by atoms with Crippen LogP contribution in [0.2, 0.25) is 5.02 Å². The minimum atomic E-state index is -3.72. The second kappa shape index (κ2) is 6.25. The Kier molecular flexibility index (Phi) is 4.81. The van der Waals surface area contributed by atoms with Crippen molar-refractivity contribution in [2.24, 2.45) is 0 Å². The van der Waals surface area contributed by atoms with Gasteiger partial charge >= 0.3 is 0 Å². The monoisotopic (exact) mass is 389 g/mol. The lowest BCUT2D eigenvalue weighted by atomic mass is 10.2. The molecule has 112 valence electrons. The van der Waals surface area contributed by atoms with Crippen LogP contribution in [0, 0.1) is 6.92 Å². The molecule has 0 radical (unpaired) electrons. The van der Waals surface area contributed by atoms with Crippen molar-refractivity contribution in [1.29, 1.82) is 0 Å². The Morgan fingerprint density at radius 2 is 1.90 bits per heavy atom. The maximum atomic E-state index is 12.4. The van der Waals surface area contributed by atoms with Gasteiger partial charge in [0.2, 0.25) is 0 Å². The molecule has 0 saturated carbocycles. The number of hydrogen-bond acceptors (Lipinski definition) is 3. The van der Waals surface area contributed by atoms with E-state index in [4.69, 9.17) is 16.3 Å². The van der Waals surface area contributed by atoms with Crippen molar-refractivity contribution >= 4 is 43.2 Å². The average molecular weight is 391 g/mol. The molecule has 0 aromatic heterocycles. The number of anilines is 1. The van der Waals surface area contributed by atoms with Gasteiger partial charge in [-0.3, -0.25) is 4.72 Å². The summed E-state index contributed by atoms with van der Waals surface area (Å²) in [5.41, 5.74) is 1.30. The highest BCUT2D eigenvalue weighted by molar-refractivity contribution is 9.10. The maximum absolute atomic E-state index is 12.4. The molecule has 0 amide bonds. The molecule has 7 heteroatoms. The number of ether oxygens (including phenoxy) is 1. The van der Waals surface area contributed by atoms with E-state index in [1.807, 2.05) is 6.92 Å². The van der Waals surface area contributed by atoms with E-state index < -0.39 is 10.0 Å². The summed E-state index contributed by atoms with van der Waals surface area (Å²) in [5.74, 6) is 0.558. The number of sulfonamides is 1. The van der Waals surface area contributed by atoms with E-state index in [0.29, 0.717) is 20.9 Å². The Labute approximate surface area is 137 Å². The van der Waals surface area contributed by atoms with Crippen LogP contribution in [0.15, 0.2) is 45.8 Å². The third kappa shape index (κ3) is 3.70. The Balaban J connectivity index is 2.36. The second-order valence-electron chi connectivity index (χ2n) is 4.39. The van der Waals surface area contributed by atoms with E-state index >= 15 is 0 Å². The normalized spacial score (nSPS) is 11.2. The summed E-state index contributed by atoms with van der Waals surface area (Å²) in [6, 6.07) is 9.64. The van der Waals surface area contributed by atoms with Gasteiger partial charge in [0.05, 0.1) is 27.2 Å². The topological polar surface area (TPSA) is 55.4 Å². The summed E-state index contributed by atoms with van der Waals surface area (Å²) in [4.78, 5) is 0.117. The standard InChI is InChI=1S/C14H13BrClNO3S/c1-9-3-5-13(12(16)7-9)17-21(18,19)10-4-6-14(20-2)11(15)8-10/h3-8,17H,1-2H3. The van der Waals surface area contributed by atoms with Gasteiger partial charge in [-0.25, -0.2) is 8.42 Å². The maximum Gasteiger partial charge on any atom is 0.261 e. The lowest BCUT2D eigenvalue weighted by Crippen LogP contribution is -2.13. The molecular weight excluding hydrogens is 378 g/mol. The van der Waals surface area contributed by atoms with E-state index in [9.17, 15) is 8.42 Å². The number of aryl methyl sites for hydroxylation is 1. The van der Waals surface area contributed by atoms with Crippen molar-refractivity contribution in [3.05, 3.63) is 51.5 Å². The summed E-state index contributed by atoms with van der Waals surface area (Å²) < 4.78 is 32.8. The minimum absolute atomic E-state index is 0.117. The number of benzene rings is 2. The predicted molar refractivity (Wildman–Crippen MR) is 87.7 cm³/mol. The van der Waals surface area contributed by atoms with Crippen molar-refractivity contribution in [1.82, 2.24) is 0 Å². The van der Waals surface area contributed by atoms with Crippen molar-refractivity contribution < 1.29 is 13.2 Å². The SMILES string of the molecule is COc1ccc(S(=O)(=O)Nc2ccc(C)cc2Cl)cc1Br. The number of nitrogens with one attached hydrogen (secondary N) is 1. The molecule has 2 aromatic rings. The molecule has 1 N–H and O–H groups in total. The predicted octanol–water partition coefficient (Wildman–Crippen LogP) is 4.22. The van der Waals surface area contributed by atoms with Gasteiger partial charge in [0, 0.05) is 0 Å². The van der Waals surface area contributed by atoms with Gasteiger partial charge in [0.15, 0.2) is 0 Å². The van der Waals surface area contributed by atoms with Crippen LogP contribution in [0.3, 0.4) is 0 Å². The highest BCUT2D eigenvalue weighted by atomic mass is 79.9. The van der Waals surface area contributed by atoms with Crippen LogP contribution >= 0.6 is 27.5 Å². The lowest BCUT2D eigenvalue weighted by Gasteiger charge is -2.11. The largest absolute Gasteiger partial charge is 0.496 e. The molecule has 0 spiro atoms. The fourth-order valence-electron chi connectivity index (χ4n) is 1.72. The fraction of sp³-hybridized carbons (Fsp3) is 0.143. The van der Waals surface area contributed by atoms with Crippen molar-refractivity contribution in [3.63, 3.8) is 0 Å². The molecule has 0 aliphatic carbocycles. The van der Waals surface area contributed by atoms with Crippen LogP contribution in [-0.4, -0.2) is 15.5 Å². The fourth-order valence-corrected chi connectivity index (χ4v) is 3.86. The Bertz CT molecular complexity index is 778. The lowest BCUT2D eigenvalue weighted by molar-refractivity contribution is 0.411. The van der Waals surface area contributed by atoms with Crippen LogP contribution < -0.4 is 9.46 Å². The Hall–Kier alpha value is -1.24. The number of halogens is 2. The molecule has 0 atom stereocenters. The van der Waals surface area contributed by atoms with Crippen LogP contribution in [0.25, 0.3) is 0 Å². The Morgan fingerprint density at radius 1 is 1.19 bits per heavy atom. The summed E-state index contributed by atoms with van der Waals surface area (Å²) in [7, 11) is -2.20. The first-order valence-corrected chi connectivity index (χ1v) is 8.61. The molecule has 0 heterocycles. The molecule has 0 unspecified atom stereocenters. The number of rotatable bonds is 4. The third-order valence-electron chi connectivity index (χ3n) is 2.80. The van der Waals surface area contributed by atoms with E-state index in [0.717, 1.165) is 5.56 Å². The van der Waals surface area contributed by atoms with E-state index in [2.05, 4.69) is 20.7 Å². The van der Waals surface area contributed by atoms with Crippen LogP contribution in [0.5, 0.6) is 5.75 Å². The Morgan fingerprint density at radius 3 is 2.48 bits per heavy atom. The van der Waals surface area contributed by atoms with E-state index in [1.54, 1.807) is 24.3 Å². The molecule has 0 aliphatic rings. The molecule has 2 rings (SSSR count). The molecule has 21 heavy (non-hydrogen) atoms. The second-order valence-corrected chi connectivity index (χ2v) is 7.33. The zero-order valence-corrected chi connectivity index (χ0v) is 14.5. The van der Waals surface area contributed by atoms with Gasteiger partial charge in [0.25, 0.3) is 10.0 Å². The quantitative estimate of drug-likeness (QED) is 0.850. The first-order chi connectivity index (χ1) is 9.83. The smallest absolute Gasteiger partial charge is 0.261 e. The summed E-state index contributed by atoms with van der Waals surface area (Å²) in [5, 5.41) is 0.353. The van der Waals surface area contributed by atoms with Gasteiger partial charge in [-0.05, 0) is 58.7 Å². The van der Waals surface area contributed by atoms with Crippen LogP contribution in [0.4, 0.5) is 5.69 Å². The van der Waals surface area contributed by atoms with Gasteiger partial charge in [-0.2, -0.15) is 0 Å². The van der Waals surface area contributed by atoms with Crippen LogP contribution in [-0.2, 0) is 10.0 Å². The minimum Gasteiger partial charge on any atom is -0.496 e. The third-order valence-corrected chi connectivity index (χ3v) is 5.10. The zero-order valence-electron chi connectivity index (χ0n) is 11.4. The van der Waals surface area contributed by atoms with E-state index in [1.165, 1.54) is 19.2 Å². The molecule has 2 aromatic carbocycles. The van der Waals surface area contributed by atoms with Gasteiger partial charge in [-0.1, -0.05) is 17.7 Å². The van der Waals surface area contributed by atoms with Crippen LogP contribution in [0.1, 0.15) is 5.56 Å². The van der Waals surface area contributed by atoms with Gasteiger partial charge < -0.3 is 4.74 Å². The number of hydrogen-bond donors (Lipinski definition) is 1. The summed E-state index contributed by atoms with van der Waals surface area (Å²) in [6.07, 6.45) is 0. The molecule has 0 bridgehead atoms. The van der Waals surface area contributed by atoms with Gasteiger partial charge in [-0.15, -0.1) is 0 Å². The van der Waals surface area contributed by atoms with Crippen molar-refractivity contribution in [2.75, 3.05) is 11.8 Å². The average Bonchev–Trinajstić information content (AvgIpc) is 2.42. The van der Waals surface area contributed by atoms with Gasteiger partial charge in [0.1, 0.15) is 5.75 Å². The molecule has 0 aliphatic heterocycles. The zero-order chi connectivity index (χ0) is 15.6. The molecule has 4 nitrogen and oxygen atoms in total. The first-order valence-electron chi connectivity index (χ1n) is 5.96. The first kappa shape index (κ1) is 16.1. The molecule has 0 saturated heterocycles. The van der Waals surface area contributed by atoms with Crippen molar-refractivity contribution in [3.8, 4) is 5.75 Å². The molecule has 0 fully saturated rings. The highest BCUT2D eigenvalue weighted by Crippen LogP contribution is 2.30. The summed E-state index contributed by atoms with van der Waals surface area (Å²) >= 11 is 9.31. The van der Waals surface area contributed by atoms with E-state index in [-0.39, 0.29) is 4.90 Å².